The second-order valence-electron chi connectivity index (χ2n) is 9.08. The van der Waals surface area contributed by atoms with E-state index in [1.165, 1.54) is 4.90 Å². The molecule has 0 aromatic heterocycles. The van der Waals surface area contributed by atoms with Gasteiger partial charge >= 0.3 is 0 Å². The van der Waals surface area contributed by atoms with Crippen LogP contribution in [0.5, 0.6) is 5.75 Å². The van der Waals surface area contributed by atoms with Gasteiger partial charge in [0, 0.05) is 26.6 Å². The Morgan fingerprint density at radius 1 is 0.919 bits per heavy atom. The summed E-state index contributed by atoms with van der Waals surface area (Å²) in [5.41, 5.74) is 1.13. The van der Waals surface area contributed by atoms with E-state index < -0.39 is 23.9 Å². The Morgan fingerprint density at radius 3 is 2.38 bits per heavy atom. The summed E-state index contributed by atoms with van der Waals surface area (Å²) >= 11 is 0. The quantitative estimate of drug-likeness (QED) is 0.628. The Bertz CT molecular complexity index is 1120. The van der Waals surface area contributed by atoms with Crippen LogP contribution in [0.1, 0.15) is 22.3 Å². The number of nitrogens with one attached hydrogen (secondary N) is 2. The first kappa shape index (κ1) is 26.2. The van der Waals surface area contributed by atoms with E-state index >= 15 is 0 Å². The van der Waals surface area contributed by atoms with Crippen molar-refractivity contribution < 1.29 is 28.7 Å². The molecule has 1 fully saturated rings. The van der Waals surface area contributed by atoms with E-state index in [9.17, 15) is 19.2 Å². The minimum Gasteiger partial charge on any atom is -0.491 e. The number of carbonyl (C=O) groups excluding carboxylic acids is 4. The summed E-state index contributed by atoms with van der Waals surface area (Å²) in [7, 11) is 1.64. The molecule has 2 heterocycles. The summed E-state index contributed by atoms with van der Waals surface area (Å²) < 4.78 is 11.2. The van der Waals surface area contributed by atoms with Crippen LogP contribution in [0.3, 0.4) is 0 Å². The van der Waals surface area contributed by atoms with E-state index in [-0.39, 0.29) is 43.4 Å². The third kappa shape index (κ3) is 6.85. The molecule has 2 aliphatic rings. The van der Waals surface area contributed by atoms with Gasteiger partial charge in [0.25, 0.3) is 5.91 Å². The highest BCUT2D eigenvalue weighted by Crippen LogP contribution is 2.19. The maximum absolute atomic E-state index is 13.4. The molecule has 10 heteroatoms. The smallest absolute Gasteiger partial charge is 0.255 e. The number of morpholine rings is 1. The van der Waals surface area contributed by atoms with Gasteiger partial charge in [-0.1, -0.05) is 42.5 Å². The predicted octanol–water partition coefficient (Wildman–Crippen LogP) is 0.612. The van der Waals surface area contributed by atoms with Gasteiger partial charge < -0.3 is 29.9 Å². The van der Waals surface area contributed by atoms with Crippen molar-refractivity contribution in [2.45, 2.75) is 24.9 Å². The molecule has 0 unspecified atom stereocenters. The van der Waals surface area contributed by atoms with Crippen molar-refractivity contribution in [2.24, 2.45) is 0 Å². The zero-order valence-corrected chi connectivity index (χ0v) is 20.9. The van der Waals surface area contributed by atoms with Gasteiger partial charge in [0.1, 0.15) is 24.4 Å². The lowest BCUT2D eigenvalue weighted by molar-refractivity contribution is -0.140. The Hall–Kier alpha value is -3.92. The number of hydrogen-bond acceptors (Lipinski definition) is 6. The normalized spacial score (nSPS) is 21.7. The number of rotatable bonds is 3. The molecule has 0 bridgehead atoms. The molecule has 0 aliphatic carbocycles. The molecule has 2 aromatic rings. The van der Waals surface area contributed by atoms with Gasteiger partial charge in [-0.15, -0.1) is 0 Å². The van der Waals surface area contributed by atoms with E-state index in [0.717, 1.165) is 5.56 Å². The molecule has 37 heavy (non-hydrogen) atoms. The number of carbonyl (C=O) groups is 4. The first-order valence-corrected chi connectivity index (χ1v) is 12.4. The molecule has 1 saturated heterocycles. The molecule has 196 valence electrons. The largest absolute Gasteiger partial charge is 0.491 e. The molecule has 10 nitrogen and oxygen atoms in total. The molecular weight excluding hydrogens is 476 g/mol. The maximum atomic E-state index is 13.4. The van der Waals surface area contributed by atoms with Gasteiger partial charge in [-0.25, -0.2) is 0 Å². The fourth-order valence-corrected chi connectivity index (χ4v) is 4.38. The molecule has 2 aliphatic heterocycles. The van der Waals surface area contributed by atoms with Gasteiger partial charge in [0.2, 0.25) is 17.7 Å². The second kappa shape index (κ2) is 12.4. The number of hydrogen-bond donors (Lipinski definition) is 2. The lowest BCUT2D eigenvalue weighted by atomic mass is 10.0. The van der Waals surface area contributed by atoms with Crippen molar-refractivity contribution in [3.63, 3.8) is 0 Å². The zero-order valence-electron chi connectivity index (χ0n) is 20.9. The summed E-state index contributed by atoms with van der Waals surface area (Å²) in [6, 6.07) is 14.1. The van der Waals surface area contributed by atoms with Crippen molar-refractivity contribution in [3.05, 3.63) is 65.7 Å². The van der Waals surface area contributed by atoms with E-state index in [0.29, 0.717) is 32.1 Å². The lowest BCUT2D eigenvalue weighted by Crippen LogP contribution is -2.55. The molecule has 2 aromatic carbocycles. The first-order valence-electron chi connectivity index (χ1n) is 12.4. The van der Waals surface area contributed by atoms with Crippen molar-refractivity contribution in [2.75, 3.05) is 46.5 Å². The van der Waals surface area contributed by atoms with Gasteiger partial charge in [-0.2, -0.15) is 0 Å². The van der Waals surface area contributed by atoms with Gasteiger partial charge in [0.15, 0.2) is 0 Å². The van der Waals surface area contributed by atoms with Crippen molar-refractivity contribution in [1.82, 2.24) is 20.4 Å². The Balaban J connectivity index is 1.62. The molecular formula is C27H32N4O6. The van der Waals surface area contributed by atoms with Crippen LogP contribution in [0.4, 0.5) is 0 Å². The van der Waals surface area contributed by atoms with E-state index in [1.54, 1.807) is 36.2 Å². The average Bonchev–Trinajstić information content (AvgIpc) is 2.92. The van der Waals surface area contributed by atoms with Crippen LogP contribution < -0.4 is 15.4 Å². The van der Waals surface area contributed by atoms with E-state index in [1.807, 2.05) is 30.3 Å². The van der Waals surface area contributed by atoms with Crippen LogP contribution in [-0.4, -0.2) is 92.0 Å². The standard InChI is InChI=1S/C27H32N4O6/c1-30-11-16-37-23-10-6-5-9-20(23)25(33)29-22(27(35)31-12-14-36-15-13-31)18-24(32)28-21(26(30)34)17-19-7-3-2-4-8-19/h2-10,21-22H,11-18H2,1H3,(H,28,32)(H,29,33)/t21-,22-/m0/s1. The topological polar surface area (TPSA) is 117 Å². The number of likely N-dealkylation sites (N-methyl/N-ethyl adjacent to an activating group) is 1. The van der Waals surface area contributed by atoms with Gasteiger partial charge in [-0.05, 0) is 17.7 Å². The fourth-order valence-electron chi connectivity index (χ4n) is 4.38. The van der Waals surface area contributed by atoms with E-state index in [2.05, 4.69) is 10.6 Å². The number of ether oxygens (including phenoxy) is 2. The first-order chi connectivity index (χ1) is 17.9. The number of benzene rings is 2. The van der Waals surface area contributed by atoms with Crippen LogP contribution in [0.25, 0.3) is 0 Å². The second-order valence-corrected chi connectivity index (χ2v) is 9.08. The highest BCUT2D eigenvalue weighted by molar-refractivity contribution is 6.01. The maximum Gasteiger partial charge on any atom is 0.255 e. The summed E-state index contributed by atoms with van der Waals surface area (Å²) in [5, 5.41) is 5.54. The summed E-state index contributed by atoms with van der Waals surface area (Å²) in [5.74, 6) is -1.33. The zero-order chi connectivity index (χ0) is 26.2. The van der Waals surface area contributed by atoms with Crippen LogP contribution in [-0.2, 0) is 25.5 Å². The van der Waals surface area contributed by atoms with Crippen LogP contribution in [0, 0.1) is 0 Å². The molecule has 4 rings (SSSR count). The third-order valence-electron chi connectivity index (χ3n) is 6.42. The molecule has 0 spiro atoms. The van der Waals surface area contributed by atoms with Crippen LogP contribution in [0.2, 0.25) is 0 Å². The number of fused-ring (bicyclic) bond motifs is 1. The van der Waals surface area contributed by atoms with Crippen molar-refractivity contribution in [1.29, 1.82) is 0 Å². The lowest BCUT2D eigenvalue weighted by Gasteiger charge is -2.31. The minimum absolute atomic E-state index is 0.147. The van der Waals surface area contributed by atoms with Gasteiger partial charge in [0.05, 0.1) is 31.7 Å². The Morgan fingerprint density at radius 2 is 1.62 bits per heavy atom. The molecule has 2 atom stereocenters. The van der Waals surface area contributed by atoms with Gasteiger partial charge in [-0.3, -0.25) is 19.2 Å². The molecule has 2 N–H and O–H groups in total. The highest BCUT2D eigenvalue weighted by Gasteiger charge is 2.32. The monoisotopic (exact) mass is 508 g/mol. The SMILES string of the molecule is CN1CCOc2ccccc2C(=O)N[C@H](C(=O)N2CCOCC2)CC(=O)N[C@@H](Cc2ccccc2)C1=O. The summed E-state index contributed by atoms with van der Waals surface area (Å²) in [6.45, 7) is 1.91. The average molecular weight is 509 g/mol. The molecule has 0 radical (unpaired) electrons. The Labute approximate surface area is 215 Å². The fraction of sp³-hybridized carbons (Fsp3) is 0.407. The predicted molar refractivity (Wildman–Crippen MR) is 135 cm³/mol. The summed E-state index contributed by atoms with van der Waals surface area (Å²) in [4.78, 5) is 56.2. The van der Waals surface area contributed by atoms with E-state index in [4.69, 9.17) is 9.47 Å². The van der Waals surface area contributed by atoms with Crippen LogP contribution >= 0.6 is 0 Å². The third-order valence-corrected chi connectivity index (χ3v) is 6.42. The summed E-state index contributed by atoms with van der Waals surface area (Å²) in [6.07, 6.45) is -0.0267. The van der Waals surface area contributed by atoms with Crippen molar-refractivity contribution in [3.8, 4) is 5.75 Å². The number of para-hydroxylation sites is 1. The highest BCUT2D eigenvalue weighted by atomic mass is 16.5. The minimum atomic E-state index is -1.12. The van der Waals surface area contributed by atoms with Crippen molar-refractivity contribution >= 4 is 23.6 Å². The number of nitrogens with zero attached hydrogens (tertiary/aromatic N) is 2. The number of amides is 4. The Kier molecular flexibility index (Phi) is 8.73. The molecule has 4 amide bonds. The van der Waals surface area contributed by atoms with Crippen LogP contribution in [0.15, 0.2) is 54.6 Å². The molecule has 0 saturated carbocycles.